The van der Waals surface area contributed by atoms with E-state index in [4.69, 9.17) is 18.9 Å². The maximum Gasteiger partial charge on any atom is 0.548 e. The minimum absolute atomic E-state index is 0.0915. The van der Waals surface area contributed by atoms with Crippen LogP contribution in [0, 0.1) is 50.6 Å². The van der Waals surface area contributed by atoms with Crippen LogP contribution in [0.3, 0.4) is 0 Å². The molecule has 2 aliphatic heterocycles. The van der Waals surface area contributed by atoms with Gasteiger partial charge in [0.2, 0.25) is 19.3 Å². The average molecular weight is 629 g/mol. The molecule has 23 heteroatoms. The van der Waals surface area contributed by atoms with Crippen molar-refractivity contribution in [2.24, 2.45) is 0 Å². The minimum atomic E-state index is -4.21. The molecule has 2 aromatic carbocycles. The molecule has 0 saturated carbocycles. The van der Waals surface area contributed by atoms with Gasteiger partial charge < -0.3 is 18.9 Å². The molecule has 0 radical (unpaired) electrons. The predicted molar refractivity (Wildman–Crippen MR) is 136 cm³/mol. The van der Waals surface area contributed by atoms with E-state index in [0.717, 1.165) is 22.6 Å². The number of nitrogens with zero attached hydrogens (tertiary/aromatic N) is 5. The summed E-state index contributed by atoms with van der Waals surface area (Å²) in [4.78, 5) is 61.7. The molecule has 44 heavy (non-hydrogen) atoms. The molecule has 4 rings (SSSR count). The fraction of sp³-hybridized carbons (Fsp3) is 0.238. The van der Waals surface area contributed by atoms with Gasteiger partial charge in [0.1, 0.15) is 0 Å². The van der Waals surface area contributed by atoms with Crippen LogP contribution in [0.15, 0.2) is 48.2 Å². The van der Waals surface area contributed by atoms with Gasteiger partial charge in [-0.05, 0) is 42.3 Å². The number of rotatable bonds is 11. The Morgan fingerprint density at radius 2 is 1.07 bits per heavy atom. The van der Waals surface area contributed by atoms with E-state index in [0.29, 0.717) is 18.3 Å². The van der Waals surface area contributed by atoms with Crippen molar-refractivity contribution in [2.75, 3.05) is 13.6 Å². The summed E-state index contributed by atoms with van der Waals surface area (Å²) in [7, 11) is 0. The van der Waals surface area contributed by atoms with E-state index in [1.165, 1.54) is 13.0 Å². The van der Waals surface area contributed by atoms with Crippen LogP contribution in [0.5, 0.6) is 23.0 Å². The molecule has 0 saturated heterocycles. The molecule has 236 valence electrons. The lowest BCUT2D eigenvalue weighted by Gasteiger charge is -2.22. The third-order valence-electron chi connectivity index (χ3n) is 4.56. The predicted octanol–water partition coefficient (Wildman–Crippen LogP) is 2.93. The summed E-state index contributed by atoms with van der Waals surface area (Å²) in [6, 6.07) is 11.1. The number of hydrogen-bond donors (Lipinski definition) is 0. The Bertz CT molecular complexity index is 1390. The van der Waals surface area contributed by atoms with Crippen LogP contribution in [0.1, 0.15) is 25.0 Å². The van der Waals surface area contributed by atoms with Crippen molar-refractivity contribution < 1.29 is 63.6 Å². The van der Waals surface area contributed by atoms with Crippen molar-refractivity contribution in [1.82, 2.24) is 0 Å². The average Bonchev–Trinajstić information content (AvgIpc) is 3.56. The van der Waals surface area contributed by atoms with E-state index >= 15 is 0 Å². The van der Waals surface area contributed by atoms with Crippen LogP contribution in [0.2, 0.25) is 0 Å². The topological polar surface area (TPSA) is 290 Å². The molecule has 0 aliphatic carbocycles. The monoisotopic (exact) mass is 629 g/mol. The number of hydrogen-bond acceptors (Lipinski definition) is 18. The Kier molecular flexibility index (Phi) is 11.7. The van der Waals surface area contributed by atoms with Crippen molar-refractivity contribution >= 4 is 12.2 Å². The van der Waals surface area contributed by atoms with E-state index in [-0.39, 0.29) is 12.5 Å². The van der Waals surface area contributed by atoms with Crippen molar-refractivity contribution in [3.63, 3.8) is 0 Å². The van der Waals surface area contributed by atoms with Gasteiger partial charge in [-0.1, -0.05) is 24.3 Å². The molecule has 0 amide bonds. The van der Waals surface area contributed by atoms with Gasteiger partial charge in [-0.3, -0.25) is 10.1 Å². The molecule has 0 unspecified atom stereocenters. The third kappa shape index (κ3) is 10.7. The molecule has 2 aliphatic rings. The Hall–Kier alpha value is -6.68. The van der Waals surface area contributed by atoms with Crippen molar-refractivity contribution in [1.29, 1.82) is 0 Å². The first-order valence-corrected chi connectivity index (χ1v) is 11.3. The van der Waals surface area contributed by atoms with Crippen LogP contribution in [-0.4, -0.2) is 45.0 Å². The quantitative estimate of drug-likeness (QED) is 0.196. The highest BCUT2D eigenvalue weighted by Gasteiger charge is 2.49. The van der Waals surface area contributed by atoms with Crippen LogP contribution >= 0.6 is 0 Å². The Balaban J connectivity index is 0.000000233. The van der Waals surface area contributed by atoms with Gasteiger partial charge in [-0.2, -0.15) is 0 Å². The van der Waals surface area contributed by atoms with Gasteiger partial charge in [0, 0.05) is 13.0 Å². The summed E-state index contributed by atoms with van der Waals surface area (Å²) < 4.78 is 20.7. The van der Waals surface area contributed by atoms with Gasteiger partial charge in [0.25, 0.3) is 0 Å². The second kappa shape index (κ2) is 15.4. The zero-order valence-corrected chi connectivity index (χ0v) is 22.2. The SMILES string of the molecule is CC(=Cc1ccc2c(c1)OCO2)[N+](=O)[O-].CC=Cc1ccc2c(c1)OCO2.O=[N+]([O-])OC(O[N+](=O)[O-])(O[N+](=O)[O-])O[N+](=O)[O-]. The number of nitro groups is 1. The molecule has 23 nitrogen and oxygen atoms in total. The third-order valence-corrected chi connectivity index (χ3v) is 4.56. The molecule has 0 spiro atoms. The van der Waals surface area contributed by atoms with Crippen LogP contribution < -0.4 is 18.9 Å². The van der Waals surface area contributed by atoms with Gasteiger partial charge in [0.15, 0.2) is 23.0 Å². The highest BCUT2D eigenvalue weighted by atomic mass is 17.3. The van der Waals surface area contributed by atoms with Gasteiger partial charge in [-0.25, -0.2) is 19.4 Å². The normalized spacial score (nSPS) is 12.5. The van der Waals surface area contributed by atoms with Crippen molar-refractivity contribution in [3.05, 3.63) is 110 Å². The Labute approximate surface area is 242 Å². The molecule has 2 heterocycles. The number of benzene rings is 2. The number of fused-ring (bicyclic) bond motifs is 2. The number of allylic oxidation sites excluding steroid dienone is 2. The maximum atomic E-state index is 10.4. The summed E-state index contributed by atoms with van der Waals surface area (Å²) in [5.41, 5.74) is 1.96. The zero-order valence-electron chi connectivity index (χ0n) is 22.2. The number of ether oxygens (including phenoxy) is 4. The van der Waals surface area contributed by atoms with Crippen molar-refractivity contribution in [2.45, 2.75) is 20.0 Å². The lowest BCUT2D eigenvalue weighted by atomic mass is 10.2. The van der Waals surface area contributed by atoms with E-state index in [9.17, 15) is 50.6 Å². The second-order valence-electron chi connectivity index (χ2n) is 7.53. The van der Waals surface area contributed by atoms with E-state index < -0.39 is 31.4 Å². The molecular weight excluding hydrogens is 610 g/mol. The van der Waals surface area contributed by atoms with Crippen LogP contribution in [0.4, 0.5) is 0 Å². The van der Waals surface area contributed by atoms with Crippen molar-refractivity contribution in [3.8, 4) is 23.0 Å². The molecule has 0 fully saturated rings. The summed E-state index contributed by atoms with van der Waals surface area (Å²) in [5, 5.41) is 42.1. The molecule has 2 aromatic rings. The minimum Gasteiger partial charge on any atom is -0.454 e. The highest BCUT2D eigenvalue weighted by molar-refractivity contribution is 5.57. The summed E-state index contributed by atoms with van der Waals surface area (Å²) >= 11 is 0. The lowest BCUT2D eigenvalue weighted by molar-refractivity contribution is -1.03. The Morgan fingerprint density at radius 3 is 1.45 bits per heavy atom. The first kappa shape index (κ1) is 33.5. The van der Waals surface area contributed by atoms with Gasteiger partial charge in [-0.15, -0.1) is 40.5 Å². The smallest absolute Gasteiger partial charge is 0.454 e. The Morgan fingerprint density at radius 1 is 0.682 bits per heavy atom. The second-order valence-corrected chi connectivity index (χ2v) is 7.53. The summed E-state index contributed by atoms with van der Waals surface area (Å²) in [5.74, 6) is 2.97. The largest absolute Gasteiger partial charge is 0.548 e. The standard InChI is InChI=1S/C10H9NO4.C10H10O2.CN4O12/c1-7(11(12)13)4-8-2-3-9-10(5-8)15-6-14-9;1-2-3-8-4-5-9-10(6-8)12-7-11-9;6-2(7)14-1(15-3(8)9,16-4(10)11)17-5(12)13/h2-5H,6H2,1H3;2-6H,7H2,1H3;. The molecule has 0 bridgehead atoms. The molecule has 0 aromatic heterocycles. The summed E-state index contributed by atoms with van der Waals surface area (Å²) in [6.07, 6.45) is 1.31. The summed E-state index contributed by atoms with van der Waals surface area (Å²) in [6.45, 7) is 3.99. The first-order valence-electron chi connectivity index (χ1n) is 11.3. The molecular formula is C21H19N5O18. The molecule has 0 atom stereocenters. The maximum absolute atomic E-state index is 10.4. The highest BCUT2D eigenvalue weighted by Crippen LogP contribution is 2.33. The van der Waals surface area contributed by atoms with E-state index in [2.05, 4.69) is 19.4 Å². The fourth-order valence-electron chi connectivity index (χ4n) is 2.97. The van der Waals surface area contributed by atoms with Crippen LogP contribution in [0.25, 0.3) is 12.2 Å². The lowest BCUT2D eigenvalue weighted by Crippen LogP contribution is -2.48. The van der Waals surface area contributed by atoms with Gasteiger partial charge in [0.05, 0.1) is 4.92 Å². The fourth-order valence-corrected chi connectivity index (χ4v) is 2.97. The van der Waals surface area contributed by atoms with Crippen LogP contribution in [-0.2, 0) is 19.4 Å². The molecule has 0 N–H and O–H groups in total. The van der Waals surface area contributed by atoms with Gasteiger partial charge >= 0.3 is 26.5 Å². The zero-order chi connectivity index (χ0) is 32.9. The van der Waals surface area contributed by atoms with E-state index in [1.807, 2.05) is 37.3 Å². The first-order chi connectivity index (χ1) is 20.7. The van der Waals surface area contributed by atoms with E-state index in [1.54, 1.807) is 18.2 Å².